The molecule has 1 rings (SSSR count). The van der Waals surface area contributed by atoms with Crippen molar-refractivity contribution in [2.24, 2.45) is 7.05 Å². The number of aromatic nitrogens is 2. The van der Waals surface area contributed by atoms with Crippen molar-refractivity contribution in [3.63, 3.8) is 0 Å². The van der Waals surface area contributed by atoms with Gasteiger partial charge in [0.25, 0.3) is 5.56 Å². The van der Waals surface area contributed by atoms with Crippen molar-refractivity contribution >= 4 is 5.97 Å². The number of carbonyl (C=O) groups excluding carboxylic acids is 1. The Morgan fingerprint density at radius 3 is 2.69 bits per heavy atom. The number of hydrogen-bond donors (Lipinski definition) is 0. The molecule has 5 nitrogen and oxygen atoms in total. The van der Waals surface area contributed by atoms with Gasteiger partial charge in [-0.05, 0) is 6.07 Å². The summed E-state index contributed by atoms with van der Waals surface area (Å²) < 4.78 is 1.08. The summed E-state index contributed by atoms with van der Waals surface area (Å²) in [5, 5.41) is 13.8. The van der Waals surface area contributed by atoms with Gasteiger partial charge < -0.3 is 9.90 Å². The molecule has 0 aliphatic rings. The van der Waals surface area contributed by atoms with Gasteiger partial charge in [0, 0.05) is 25.5 Å². The molecular formula is C7H7KN2O3. The van der Waals surface area contributed by atoms with Crippen molar-refractivity contribution in [2.75, 3.05) is 0 Å². The third-order valence-corrected chi connectivity index (χ3v) is 1.34. The van der Waals surface area contributed by atoms with Crippen LogP contribution in [-0.4, -0.2) is 15.7 Å². The van der Waals surface area contributed by atoms with Crippen LogP contribution in [-0.2, 0) is 18.3 Å². The molecule has 0 N–H and O–H groups in total. The number of aryl methyl sites for hydroxylation is 1. The quantitative estimate of drug-likeness (QED) is 0.454. The van der Waals surface area contributed by atoms with E-state index in [0.29, 0.717) is 5.69 Å². The molecule has 0 aliphatic heterocycles. The summed E-state index contributed by atoms with van der Waals surface area (Å²) in [5.41, 5.74) is 0.0502. The second-order valence-corrected chi connectivity index (χ2v) is 2.34. The summed E-state index contributed by atoms with van der Waals surface area (Å²) >= 11 is 0. The third kappa shape index (κ3) is 4.14. The molecule has 0 fully saturated rings. The van der Waals surface area contributed by atoms with Crippen LogP contribution in [0.5, 0.6) is 0 Å². The van der Waals surface area contributed by atoms with Crippen molar-refractivity contribution in [3.8, 4) is 0 Å². The first-order valence-electron chi connectivity index (χ1n) is 3.32. The van der Waals surface area contributed by atoms with E-state index in [4.69, 9.17) is 0 Å². The zero-order chi connectivity index (χ0) is 9.14. The number of aliphatic carboxylic acids is 1. The molecule has 0 atom stereocenters. The second-order valence-electron chi connectivity index (χ2n) is 2.34. The Kier molecular flexibility index (Phi) is 5.66. The standard InChI is InChI=1S/C7H8N2O3.K/c1-9-6(10)3-2-5(8-9)4-7(11)12;/h2-3H,4H2,1H3,(H,11,12);/q;+1/p-1. The molecule has 6 heteroatoms. The molecule has 0 aliphatic carbocycles. The molecule has 1 heterocycles. The Labute approximate surface area is 117 Å². The van der Waals surface area contributed by atoms with Crippen LogP contribution in [0.1, 0.15) is 5.69 Å². The summed E-state index contributed by atoms with van der Waals surface area (Å²) in [7, 11) is 1.46. The maximum atomic E-state index is 10.8. The van der Waals surface area contributed by atoms with Gasteiger partial charge in [-0.1, -0.05) is 0 Å². The van der Waals surface area contributed by atoms with Crippen LogP contribution in [0, 0.1) is 0 Å². The molecule has 0 radical (unpaired) electrons. The zero-order valence-electron chi connectivity index (χ0n) is 7.48. The van der Waals surface area contributed by atoms with E-state index < -0.39 is 5.97 Å². The largest absolute Gasteiger partial charge is 1.00 e. The smallest absolute Gasteiger partial charge is 0.550 e. The van der Waals surface area contributed by atoms with Gasteiger partial charge in [0.2, 0.25) is 0 Å². The molecule has 0 saturated carbocycles. The van der Waals surface area contributed by atoms with E-state index in [2.05, 4.69) is 5.10 Å². The fourth-order valence-electron chi connectivity index (χ4n) is 0.793. The van der Waals surface area contributed by atoms with Crippen LogP contribution in [0.25, 0.3) is 0 Å². The zero-order valence-corrected chi connectivity index (χ0v) is 10.6. The molecule has 0 unspecified atom stereocenters. The van der Waals surface area contributed by atoms with Crippen molar-refractivity contribution in [1.29, 1.82) is 0 Å². The van der Waals surface area contributed by atoms with Gasteiger partial charge in [-0.3, -0.25) is 4.79 Å². The first kappa shape index (κ1) is 13.0. The van der Waals surface area contributed by atoms with E-state index in [9.17, 15) is 14.7 Å². The van der Waals surface area contributed by atoms with Crippen LogP contribution < -0.4 is 62.1 Å². The van der Waals surface area contributed by atoms with Gasteiger partial charge >= 0.3 is 51.4 Å². The summed E-state index contributed by atoms with van der Waals surface area (Å²) in [4.78, 5) is 20.9. The van der Waals surface area contributed by atoms with Crippen LogP contribution >= 0.6 is 0 Å². The summed E-state index contributed by atoms with van der Waals surface area (Å²) in [6, 6.07) is 2.64. The number of carboxylic acids is 1. The van der Waals surface area contributed by atoms with Gasteiger partial charge in [0.1, 0.15) is 0 Å². The molecule has 0 bridgehead atoms. The van der Waals surface area contributed by atoms with E-state index in [-0.39, 0.29) is 63.4 Å². The second kappa shape index (κ2) is 5.66. The minimum Gasteiger partial charge on any atom is -0.550 e. The number of rotatable bonds is 2. The predicted octanol–water partition coefficient (Wildman–Crippen LogP) is -4.92. The van der Waals surface area contributed by atoms with E-state index in [1.54, 1.807) is 0 Å². The fraction of sp³-hybridized carbons (Fsp3) is 0.286. The Balaban J connectivity index is 0.00000144. The van der Waals surface area contributed by atoms with Crippen molar-refractivity contribution in [3.05, 3.63) is 28.2 Å². The molecule has 0 aromatic carbocycles. The average Bonchev–Trinajstić information content (AvgIpc) is 1.96. The van der Waals surface area contributed by atoms with E-state index >= 15 is 0 Å². The van der Waals surface area contributed by atoms with Crippen LogP contribution in [0.4, 0.5) is 0 Å². The molecule has 1 aromatic heterocycles. The van der Waals surface area contributed by atoms with Gasteiger partial charge in [0.05, 0.1) is 5.69 Å². The van der Waals surface area contributed by atoms with E-state index in [1.165, 1.54) is 19.2 Å². The maximum Gasteiger partial charge on any atom is 1.00 e. The molecule has 0 saturated heterocycles. The number of nitrogens with zero attached hydrogens (tertiary/aromatic N) is 2. The van der Waals surface area contributed by atoms with Crippen molar-refractivity contribution < 1.29 is 61.3 Å². The number of carbonyl (C=O) groups is 1. The molecular weight excluding hydrogens is 199 g/mol. The fourth-order valence-corrected chi connectivity index (χ4v) is 0.793. The first-order valence-corrected chi connectivity index (χ1v) is 3.32. The SMILES string of the molecule is Cn1nc(CC(=O)[O-])ccc1=O.[K+]. The van der Waals surface area contributed by atoms with Gasteiger partial charge in [-0.25, -0.2) is 4.68 Å². The van der Waals surface area contributed by atoms with Crippen LogP contribution in [0.2, 0.25) is 0 Å². The monoisotopic (exact) mass is 206 g/mol. The predicted molar refractivity (Wildman–Crippen MR) is 38.2 cm³/mol. The molecule has 64 valence electrons. The Hall–Kier alpha value is -0.0136. The van der Waals surface area contributed by atoms with Crippen LogP contribution in [0.3, 0.4) is 0 Å². The topological polar surface area (TPSA) is 75.0 Å². The van der Waals surface area contributed by atoms with Crippen LogP contribution in [0.15, 0.2) is 16.9 Å². The third-order valence-electron chi connectivity index (χ3n) is 1.34. The van der Waals surface area contributed by atoms with Gasteiger partial charge in [-0.15, -0.1) is 0 Å². The van der Waals surface area contributed by atoms with E-state index in [0.717, 1.165) is 4.68 Å². The Morgan fingerprint density at radius 1 is 1.62 bits per heavy atom. The summed E-state index contributed by atoms with van der Waals surface area (Å²) in [6.07, 6.45) is -0.270. The van der Waals surface area contributed by atoms with Crippen molar-refractivity contribution in [2.45, 2.75) is 6.42 Å². The molecule has 0 amide bonds. The van der Waals surface area contributed by atoms with Gasteiger partial charge in [0.15, 0.2) is 0 Å². The Bertz CT molecular complexity index is 361. The normalized spacial score (nSPS) is 9.00. The van der Waals surface area contributed by atoms with Gasteiger partial charge in [-0.2, -0.15) is 5.10 Å². The van der Waals surface area contributed by atoms with E-state index in [1.807, 2.05) is 0 Å². The molecule has 1 aromatic rings. The maximum absolute atomic E-state index is 10.8. The minimum atomic E-state index is -1.21. The molecule has 0 spiro atoms. The first-order chi connectivity index (χ1) is 5.59. The molecule has 13 heavy (non-hydrogen) atoms. The Morgan fingerprint density at radius 2 is 2.23 bits per heavy atom. The number of carboxylic acid groups (broad SMARTS) is 1. The van der Waals surface area contributed by atoms with Crippen molar-refractivity contribution in [1.82, 2.24) is 9.78 Å². The summed E-state index contributed by atoms with van der Waals surface area (Å²) in [6.45, 7) is 0. The summed E-state index contributed by atoms with van der Waals surface area (Å²) in [5.74, 6) is -1.21. The number of hydrogen-bond acceptors (Lipinski definition) is 4. The average molecular weight is 206 g/mol. The minimum absolute atomic E-state index is 0.